The van der Waals surface area contributed by atoms with Crippen LogP contribution in [0, 0.1) is 17.2 Å². The standard InChI is InChI=1S/C34H32N6O2S/c35-17-24-8-10-25(11-9-24)21-39-23-37-20-30(39)22-40(34(42)27-6-2-1-3-7-27)29-12-13-31-28(15-29)16-32(43-31)33(41)38-19-26-5-4-14-36-18-26/h4-5,8-16,18,20,23,27H,1-3,6-7,19,21-22H2,(H,38,41). The van der Waals surface area contributed by atoms with Crippen molar-refractivity contribution in [2.45, 2.75) is 51.7 Å². The number of benzene rings is 2. The Morgan fingerprint density at radius 3 is 2.60 bits per heavy atom. The van der Waals surface area contributed by atoms with Gasteiger partial charge in [-0.05, 0) is 71.8 Å². The third-order valence-electron chi connectivity index (χ3n) is 7.99. The first-order valence-corrected chi connectivity index (χ1v) is 15.4. The Morgan fingerprint density at radius 1 is 1.00 bits per heavy atom. The number of hydrogen-bond acceptors (Lipinski definition) is 6. The van der Waals surface area contributed by atoms with Gasteiger partial charge in [0.15, 0.2) is 0 Å². The van der Waals surface area contributed by atoms with Crippen LogP contribution in [-0.2, 0) is 24.4 Å². The van der Waals surface area contributed by atoms with E-state index in [0.29, 0.717) is 30.1 Å². The summed E-state index contributed by atoms with van der Waals surface area (Å²) in [6.45, 7) is 1.39. The van der Waals surface area contributed by atoms with Crippen LogP contribution in [0.5, 0.6) is 0 Å². The largest absolute Gasteiger partial charge is 0.347 e. The highest BCUT2D eigenvalue weighted by atomic mass is 32.1. The first kappa shape index (κ1) is 28.3. The molecule has 1 fully saturated rings. The third kappa shape index (κ3) is 6.65. The minimum Gasteiger partial charge on any atom is -0.347 e. The average molecular weight is 589 g/mol. The van der Waals surface area contributed by atoms with Crippen molar-refractivity contribution in [1.29, 1.82) is 5.26 Å². The van der Waals surface area contributed by atoms with Crippen molar-refractivity contribution in [3.8, 4) is 6.07 Å². The maximum absolute atomic E-state index is 14.0. The van der Waals surface area contributed by atoms with Crippen LogP contribution in [0.15, 0.2) is 85.6 Å². The van der Waals surface area contributed by atoms with E-state index in [4.69, 9.17) is 5.26 Å². The molecular formula is C34H32N6O2S. The molecule has 43 heavy (non-hydrogen) atoms. The van der Waals surface area contributed by atoms with Gasteiger partial charge < -0.3 is 14.8 Å². The Morgan fingerprint density at radius 2 is 1.84 bits per heavy atom. The van der Waals surface area contributed by atoms with Gasteiger partial charge in [-0.15, -0.1) is 11.3 Å². The number of aromatic nitrogens is 3. The number of thiophene rings is 1. The van der Waals surface area contributed by atoms with E-state index in [-0.39, 0.29) is 17.7 Å². The van der Waals surface area contributed by atoms with Crippen molar-refractivity contribution >= 4 is 38.9 Å². The lowest BCUT2D eigenvalue weighted by Crippen LogP contribution is -2.37. The highest BCUT2D eigenvalue weighted by Gasteiger charge is 2.28. The second kappa shape index (κ2) is 13.0. The summed E-state index contributed by atoms with van der Waals surface area (Å²) in [5, 5.41) is 13.0. The first-order chi connectivity index (χ1) is 21.1. The average Bonchev–Trinajstić information content (AvgIpc) is 3.69. The van der Waals surface area contributed by atoms with Gasteiger partial charge in [-0.2, -0.15) is 5.26 Å². The molecule has 3 aromatic heterocycles. The number of nitriles is 1. The molecule has 0 atom stereocenters. The molecule has 0 spiro atoms. The van der Waals surface area contributed by atoms with Crippen LogP contribution in [0.4, 0.5) is 5.69 Å². The molecule has 1 aliphatic carbocycles. The van der Waals surface area contributed by atoms with Crippen molar-refractivity contribution in [2.24, 2.45) is 5.92 Å². The maximum atomic E-state index is 14.0. The van der Waals surface area contributed by atoms with E-state index in [0.717, 1.165) is 58.3 Å². The van der Waals surface area contributed by atoms with Crippen molar-refractivity contribution in [1.82, 2.24) is 19.9 Å². The lowest BCUT2D eigenvalue weighted by molar-refractivity contribution is -0.123. The Balaban J connectivity index is 1.25. The maximum Gasteiger partial charge on any atom is 0.261 e. The third-order valence-corrected chi connectivity index (χ3v) is 9.10. The number of anilines is 1. The number of rotatable bonds is 9. The molecule has 1 aliphatic rings. The smallest absolute Gasteiger partial charge is 0.261 e. The number of nitrogens with one attached hydrogen (secondary N) is 1. The van der Waals surface area contributed by atoms with E-state index in [1.54, 1.807) is 18.7 Å². The summed E-state index contributed by atoms with van der Waals surface area (Å²) in [7, 11) is 0. The zero-order valence-electron chi connectivity index (χ0n) is 23.8. The summed E-state index contributed by atoms with van der Waals surface area (Å²) in [5.74, 6) is -0.00100. The van der Waals surface area contributed by atoms with E-state index < -0.39 is 0 Å². The van der Waals surface area contributed by atoms with Crippen LogP contribution in [0.3, 0.4) is 0 Å². The molecule has 2 aromatic carbocycles. The second-order valence-electron chi connectivity index (χ2n) is 11.0. The van der Waals surface area contributed by atoms with E-state index in [1.165, 1.54) is 17.8 Å². The fourth-order valence-corrected chi connectivity index (χ4v) is 6.57. The molecule has 6 rings (SSSR count). The Hall–Kier alpha value is -4.81. The molecule has 8 nitrogen and oxygen atoms in total. The fraction of sp³-hybridized carbons (Fsp3) is 0.265. The summed E-state index contributed by atoms with van der Waals surface area (Å²) in [5.41, 5.74) is 4.35. The molecule has 2 amide bonds. The van der Waals surface area contributed by atoms with E-state index in [9.17, 15) is 9.59 Å². The van der Waals surface area contributed by atoms with Gasteiger partial charge in [-0.1, -0.05) is 37.5 Å². The summed E-state index contributed by atoms with van der Waals surface area (Å²) in [4.78, 5) is 38.0. The number of nitrogens with zero attached hydrogens (tertiary/aromatic N) is 5. The van der Waals surface area contributed by atoms with E-state index >= 15 is 0 Å². The molecular weight excluding hydrogens is 556 g/mol. The van der Waals surface area contributed by atoms with Crippen LogP contribution in [0.25, 0.3) is 10.1 Å². The van der Waals surface area contributed by atoms with Crippen molar-refractivity contribution in [3.63, 3.8) is 0 Å². The minimum atomic E-state index is -0.131. The zero-order chi connectivity index (χ0) is 29.6. The molecule has 9 heteroatoms. The predicted octanol–water partition coefficient (Wildman–Crippen LogP) is 6.46. The first-order valence-electron chi connectivity index (χ1n) is 14.6. The van der Waals surface area contributed by atoms with E-state index in [2.05, 4.69) is 25.9 Å². The molecule has 216 valence electrons. The van der Waals surface area contributed by atoms with Gasteiger partial charge in [0.2, 0.25) is 5.91 Å². The number of carbonyl (C=O) groups excluding carboxylic acids is 2. The molecule has 1 saturated carbocycles. The van der Waals surface area contributed by atoms with Gasteiger partial charge in [0, 0.05) is 48.0 Å². The summed E-state index contributed by atoms with van der Waals surface area (Å²) < 4.78 is 3.04. The van der Waals surface area contributed by atoms with Gasteiger partial charge >= 0.3 is 0 Å². The number of carbonyl (C=O) groups is 2. The highest BCUT2D eigenvalue weighted by Crippen LogP contribution is 2.33. The second-order valence-corrected chi connectivity index (χ2v) is 12.0. The fourth-order valence-electron chi connectivity index (χ4n) is 5.61. The summed E-state index contributed by atoms with van der Waals surface area (Å²) in [6, 6.07) is 21.4. The molecule has 0 saturated heterocycles. The summed E-state index contributed by atoms with van der Waals surface area (Å²) >= 11 is 1.44. The Labute approximate surface area is 254 Å². The zero-order valence-corrected chi connectivity index (χ0v) is 24.6. The van der Waals surface area contributed by atoms with Gasteiger partial charge in [0.1, 0.15) is 0 Å². The number of hydrogen-bond donors (Lipinski definition) is 1. The molecule has 5 aromatic rings. The van der Waals surface area contributed by atoms with Gasteiger partial charge in [-0.3, -0.25) is 14.6 Å². The van der Waals surface area contributed by atoms with Crippen LogP contribution >= 0.6 is 11.3 Å². The summed E-state index contributed by atoms with van der Waals surface area (Å²) in [6.07, 6.45) is 12.2. The molecule has 1 N–H and O–H groups in total. The predicted molar refractivity (Wildman–Crippen MR) is 167 cm³/mol. The van der Waals surface area contributed by atoms with Crippen molar-refractivity contribution < 1.29 is 9.59 Å². The van der Waals surface area contributed by atoms with Crippen LogP contribution < -0.4 is 10.2 Å². The number of fused-ring (bicyclic) bond motifs is 1. The topological polar surface area (TPSA) is 104 Å². The quantitative estimate of drug-likeness (QED) is 0.213. The molecule has 0 bridgehead atoms. The number of imidazole rings is 1. The van der Waals surface area contributed by atoms with Crippen LogP contribution in [0.1, 0.15) is 64.2 Å². The minimum absolute atomic E-state index is 0.00404. The Kier molecular flexibility index (Phi) is 8.57. The van der Waals surface area contributed by atoms with Crippen LogP contribution in [-0.4, -0.2) is 26.3 Å². The molecule has 0 unspecified atom stereocenters. The van der Waals surface area contributed by atoms with Gasteiger partial charge in [0.25, 0.3) is 5.91 Å². The molecule has 0 aliphatic heterocycles. The highest BCUT2D eigenvalue weighted by molar-refractivity contribution is 7.20. The lowest BCUT2D eigenvalue weighted by atomic mass is 9.88. The normalized spacial score (nSPS) is 13.5. The SMILES string of the molecule is N#Cc1ccc(Cn2cncc2CN(C(=O)C2CCCCC2)c2ccc3sc(C(=O)NCc4cccnc4)cc3c2)cc1. The van der Waals surface area contributed by atoms with Crippen molar-refractivity contribution in [2.75, 3.05) is 4.90 Å². The van der Waals surface area contributed by atoms with Gasteiger partial charge in [-0.25, -0.2) is 4.98 Å². The Bertz CT molecular complexity index is 1760. The van der Waals surface area contributed by atoms with Crippen molar-refractivity contribution in [3.05, 3.63) is 113 Å². The van der Waals surface area contributed by atoms with E-state index in [1.807, 2.05) is 71.8 Å². The molecule has 0 radical (unpaired) electrons. The number of amides is 2. The lowest BCUT2D eigenvalue weighted by Gasteiger charge is -2.30. The van der Waals surface area contributed by atoms with Crippen LogP contribution in [0.2, 0.25) is 0 Å². The monoisotopic (exact) mass is 588 g/mol. The van der Waals surface area contributed by atoms with Gasteiger partial charge in [0.05, 0.1) is 35.1 Å². The molecule has 3 heterocycles. The number of pyridine rings is 1.